The molecule has 0 saturated heterocycles. The topological polar surface area (TPSA) is 38.3 Å². The van der Waals surface area contributed by atoms with Gasteiger partial charge in [-0.1, -0.05) is 25.8 Å². The average Bonchev–Trinajstić information content (AvgIpc) is 2.57. The molecule has 0 heterocycles. The van der Waals surface area contributed by atoms with E-state index >= 15 is 0 Å². The Kier molecular flexibility index (Phi) is 6.52. The quantitative estimate of drug-likeness (QED) is 0.811. The first kappa shape index (κ1) is 17.4. The van der Waals surface area contributed by atoms with Crippen molar-refractivity contribution in [2.24, 2.45) is 11.8 Å². The zero-order valence-corrected chi connectivity index (χ0v) is 14.2. The molecule has 23 heavy (non-hydrogen) atoms. The molecule has 2 rings (SSSR count). The Bertz CT molecular complexity index is 573. The van der Waals surface area contributed by atoms with Crippen LogP contribution in [-0.2, 0) is 6.42 Å². The van der Waals surface area contributed by atoms with Crippen molar-refractivity contribution in [2.45, 2.75) is 45.4 Å². The van der Waals surface area contributed by atoms with Gasteiger partial charge in [-0.3, -0.25) is 4.79 Å². The van der Waals surface area contributed by atoms with Crippen molar-refractivity contribution in [1.29, 1.82) is 0 Å². The van der Waals surface area contributed by atoms with E-state index < -0.39 is 0 Å². The number of carbonyl (C=O) groups is 1. The molecule has 0 radical (unpaired) electrons. The summed E-state index contributed by atoms with van der Waals surface area (Å²) in [5.74, 6) is 4.73. The SMILES string of the molecule is C#CCCc1ccc(C(=O)NCC2CCCC(C)C2)cc1OC. The monoisotopic (exact) mass is 313 g/mol. The summed E-state index contributed by atoms with van der Waals surface area (Å²) in [5, 5.41) is 3.08. The van der Waals surface area contributed by atoms with Crippen molar-refractivity contribution in [3.8, 4) is 18.1 Å². The van der Waals surface area contributed by atoms with Crippen LogP contribution in [0.2, 0.25) is 0 Å². The molecular formula is C20H27NO2. The molecule has 1 fully saturated rings. The maximum absolute atomic E-state index is 12.4. The Labute approximate surface area is 139 Å². The molecule has 1 saturated carbocycles. The second-order valence-corrected chi connectivity index (χ2v) is 6.58. The van der Waals surface area contributed by atoms with E-state index in [9.17, 15) is 4.79 Å². The Morgan fingerprint density at radius 2 is 2.26 bits per heavy atom. The molecule has 1 aromatic rings. The fraction of sp³-hybridized carbons (Fsp3) is 0.550. The van der Waals surface area contributed by atoms with Crippen LogP contribution in [0.4, 0.5) is 0 Å². The van der Waals surface area contributed by atoms with Crippen molar-refractivity contribution in [3.63, 3.8) is 0 Å². The van der Waals surface area contributed by atoms with Crippen LogP contribution in [-0.4, -0.2) is 19.6 Å². The molecule has 2 atom stereocenters. The number of ether oxygens (including phenoxy) is 1. The van der Waals surface area contributed by atoms with E-state index in [0.717, 1.165) is 30.2 Å². The van der Waals surface area contributed by atoms with Crippen molar-refractivity contribution in [2.75, 3.05) is 13.7 Å². The van der Waals surface area contributed by atoms with Gasteiger partial charge in [0.15, 0.2) is 0 Å². The van der Waals surface area contributed by atoms with E-state index in [-0.39, 0.29) is 5.91 Å². The van der Waals surface area contributed by atoms with Gasteiger partial charge < -0.3 is 10.1 Å². The first-order valence-corrected chi connectivity index (χ1v) is 8.52. The number of terminal acetylenes is 1. The average molecular weight is 313 g/mol. The van der Waals surface area contributed by atoms with Crippen LogP contribution in [0.1, 0.15) is 54.9 Å². The van der Waals surface area contributed by atoms with Crippen molar-refractivity contribution < 1.29 is 9.53 Å². The van der Waals surface area contributed by atoms with Gasteiger partial charge in [-0.25, -0.2) is 0 Å². The molecular weight excluding hydrogens is 286 g/mol. The van der Waals surface area contributed by atoms with Crippen LogP contribution in [0.5, 0.6) is 5.75 Å². The number of carbonyl (C=O) groups excluding carboxylic acids is 1. The minimum Gasteiger partial charge on any atom is -0.496 e. The second kappa shape index (κ2) is 8.62. The highest BCUT2D eigenvalue weighted by molar-refractivity contribution is 5.94. The molecule has 1 amide bonds. The summed E-state index contributed by atoms with van der Waals surface area (Å²) in [5.41, 5.74) is 1.69. The summed E-state index contributed by atoms with van der Waals surface area (Å²) in [6.07, 6.45) is 11.8. The summed E-state index contributed by atoms with van der Waals surface area (Å²) >= 11 is 0. The highest BCUT2D eigenvalue weighted by Crippen LogP contribution is 2.28. The first-order valence-electron chi connectivity index (χ1n) is 8.52. The second-order valence-electron chi connectivity index (χ2n) is 6.58. The Balaban J connectivity index is 1.95. The van der Waals surface area contributed by atoms with Crippen molar-refractivity contribution in [1.82, 2.24) is 5.32 Å². The van der Waals surface area contributed by atoms with E-state index in [1.54, 1.807) is 7.11 Å². The van der Waals surface area contributed by atoms with Crippen molar-refractivity contribution in [3.05, 3.63) is 29.3 Å². The standard InChI is InChI=1S/C20H27NO2/c1-4-5-9-17-10-11-18(13-19(17)23-3)20(22)21-14-16-8-6-7-15(2)12-16/h1,10-11,13,15-16H,5-9,12,14H2,2-3H3,(H,21,22). The van der Waals surface area contributed by atoms with Crippen LogP contribution in [0, 0.1) is 24.2 Å². The Morgan fingerprint density at radius 3 is 2.96 bits per heavy atom. The zero-order valence-electron chi connectivity index (χ0n) is 14.2. The molecule has 3 heteroatoms. The maximum Gasteiger partial charge on any atom is 0.251 e. The number of hydrogen-bond donors (Lipinski definition) is 1. The molecule has 0 bridgehead atoms. The molecule has 3 nitrogen and oxygen atoms in total. The van der Waals surface area contributed by atoms with Gasteiger partial charge in [0.25, 0.3) is 5.91 Å². The summed E-state index contributed by atoms with van der Waals surface area (Å²) in [6.45, 7) is 3.07. The van der Waals surface area contributed by atoms with Crippen LogP contribution in [0.3, 0.4) is 0 Å². The third kappa shape index (κ3) is 5.03. The smallest absolute Gasteiger partial charge is 0.251 e. The fourth-order valence-corrected chi connectivity index (χ4v) is 3.38. The van der Waals surface area contributed by atoms with E-state index in [1.807, 2.05) is 18.2 Å². The number of methoxy groups -OCH3 is 1. The Morgan fingerprint density at radius 1 is 1.43 bits per heavy atom. The van der Waals surface area contributed by atoms with Crippen LogP contribution >= 0.6 is 0 Å². The molecule has 0 aromatic heterocycles. The molecule has 1 aliphatic carbocycles. The lowest BCUT2D eigenvalue weighted by Crippen LogP contribution is -2.31. The molecule has 0 spiro atoms. The third-order valence-electron chi connectivity index (χ3n) is 4.68. The van der Waals surface area contributed by atoms with Gasteiger partial charge in [0.05, 0.1) is 7.11 Å². The highest BCUT2D eigenvalue weighted by Gasteiger charge is 2.19. The number of rotatable bonds is 6. The first-order chi connectivity index (χ1) is 11.1. The van der Waals surface area contributed by atoms with Gasteiger partial charge in [0.2, 0.25) is 0 Å². The molecule has 124 valence electrons. The van der Waals surface area contributed by atoms with Gasteiger partial charge in [-0.05, 0) is 48.8 Å². The van der Waals surface area contributed by atoms with Gasteiger partial charge in [-0.2, -0.15) is 0 Å². The van der Waals surface area contributed by atoms with E-state index in [0.29, 0.717) is 17.9 Å². The fourth-order valence-electron chi connectivity index (χ4n) is 3.38. The van der Waals surface area contributed by atoms with E-state index in [1.165, 1.54) is 25.7 Å². The normalized spacial score (nSPS) is 20.6. The minimum atomic E-state index is -0.0231. The van der Waals surface area contributed by atoms with Gasteiger partial charge in [-0.15, -0.1) is 12.3 Å². The van der Waals surface area contributed by atoms with Crippen LogP contribution in [0.25, 0.3) is 0 Å². The summed E-state index contributed by atoms with van der Waals surface area (Å²) < 4.78 is 5.39. The Hall–Kier alpha value is -1.95. The highest BCUT2D eigenvalue weighted by atomic mass is 16.5. The number of nitrogens with one attached hydrogen (secondary N) is 1. The van der Waals surface area contributed by atoms with Crippen LogP contribution in [0.15, 0.2) is 18.2 Å². The van der Waals surface area contributed by atoms with Gasteiger partial charge in [0.1, 0.15) is 5.75 Å². The lowest BCUT2D eigenvalue weighted by Gasteiger charge is -2.26. The molecule has 0 aliphatic heterocycles. The predicted octanol–water partition coefficient (Wildman–Crippen LogP) is 3.82. The maximum atomic E-state index is 12.4. The number of amides is 1. The van der Waals surface area contributed by atoms with Crippen LogP contribution < -0.4 is 10.1 Å². The van der Waals surface area contributed by atoms with Gasteiger partial charge >= 0.3 is 0 Å². The summed E-state index contributed by atoms with van der Waals surface area (Å²) in [7, 11) is 1.62. The molecule has 1 aliphatic rings. The number of benzene rings is 1. The summed E-state index contributed by atoms with van der Waals surface area (Å²) in [6, 6.07) is 5.60. The predicted molar refractivity (Wildman–Crippen MR) is 93.6 cm³/mol. The minimum absolute atomic E-state index is 0.0231. The number of aryl methyl sites for hydroxylation is 1. The largest absolute Gasteiger partial charge is 0.496 e. The lowest BCUT2D eigenvalue weighted by atomic mass is 9.82. The van der Waals surface area contributed by atoms with E-state index in [2.05, 4.69) is 18.2 Å². The van der Waals surface area contributed by atoms with Crippen molar-refractivity contribution >= 4 is 5.91 Å². The van der Waals surface area contributed by atoms with Gasteiger partial charge in [0, 0.05) is 18.5 Å². The zero-order chi connectivity index (χ0) is 16.7. The molecule has 1 N–H and O–H groups in total. The number of hydrogen-bond acceptors (Lipinski definition) is 2. The molecule has 1 aromatic carbocycles. The lowest BCUT2D eigenvalue weighted by molar-refractivity contribution is 0.0940. The third-order valence-corrected chi connectivity index (χ3v) is 4.68. The summed E-state index contributed by atoms with van der Waals surface area (Å²) in [4.78, 5) is 12.4. The molecule has 2 unspecified atom stereocenters. The van der Waals surface area contributed by atoms with E-state index in [4.69, 9.17) is 11.2 Å².